The Kier molecular flexibility index (Phi) is 4.68. The van der Waals surface area contributed by atoms with Crippen LogP contribution in [0.5, 0.6) is 0 Å². The fraction of sp³-hybridized carbons (Fsp3) is 0.818. The maximum atomic E-state index is 11.9. The van der Waals surface area contributed by atoms with Gasteiger partial charge in [0.25, 0.3) is 6.43 Å². The molecule has 1 aliphatic carbocycles. The number of methoxy groups -OCH3 is 1. The Morgan fingerprint density at radius 2 is 2.06 bits per heavy atom. The van der Waals surface area contributed by atoms with E-state index in [2.05, 4.69) is 6.58 Å². The van der Waals surface area contributed by atoms with Crippen molar-refractivity contribution >= 4 is 0 Å². The fourth-order valence-electron chi connectivity index (χ4n) is 1.96. The molecule has 0 saturated heterocycles. The molecule has 0 radical (unpaired) electrons. The highest BCUT2D eigenvalue weighted by Gasteiger charge is 2.35. The number of nitrogens with two attached hydrogens (primary N) is 1. The number of alkyl halides is 2. The first-order valence-corrected chi connectivity index (χ1v) is 5.40. The largest absolute Gasteiger partial charge is 0.500 e. The molecule has 0 unspecified atom stereocenters. The van der Waals surface area contributed by atoms with Crippen molar-refractivity contribution in [3.63, 3.8) is 0 Å². The summed E-state index contributed by atoms with van der Waals surface area (Å²) in [7, 11) is 1.54. The molecule has 0 atom stereocenters. The molecule has 94 valence electrons. The summed E-state index contributed by atoms with van der Waals surface area (Å²) in [6.45, 7) is 3.27. The normalized spacial score (nSPS) is 30.4. The summed E-state index contributed by atoms with van der Waals surface area (Å²) in [5.74, 6) is 0.555. The molecule has 0 aromatic rings. The summed E-state index contributed by atoms with van der Waals surface area (Å²) >= 11 is 0. The van der Waals surface area contributed by atoms with Crippen LogP contribution in [0.25, 0.3) is 0 Å². The first kappa shape index (κ1) is 13.4. The minimum absolute atomic E-state index is 0.115. The third-order valence-corrected chi connectivity index (χ3v) is 3.08. The molecule has 0 bridgehead atoms. The van der Waals surface area contributed by atoms with Crippen molar-refractivity contribution in [2.45, 2.75) is 43.8 Å². The monoisotopic (exact) mass is 235 g/mol. The average Bonchev–Trinajstić information content (AvgIpc) is 2.27. The average molecular weight is 235 g/mol. The molecule has 0 aromatic heterocycles. The molecule has 2 N–H and O–H groups in total. The Bertz CT molecular complexity index is 238. The van der Waals surface area contributed by atoms with E-state index in [-0.39, 0.29) is 6.10 Å². The zero-order valence-corrected chi connectivity index (χ0v) is 9.55. The van der Waals surface area contributed by atoms with Gasteiger partial charge in [-0.15, -0.1) is 0 Å². The molecule has 0 spiro atoms. The van der Waals surface area contributed by atoms with Crippen LogP contribution in [-0.4, -0.2) is 31.8 Å². The van der Waals surface area contributed by atoms with Gasteiger partial charge in [-0.1, -0.05) is 6.58 Å². The van der Waals surface area contributed by atoms with Gasteiger partial charge in [-0.25, -0.2) is 8.78 Å². The molecule has 0 heterocycles. The SMILES string of the molecule is C=C(OC)C1(N)CCC(OCC(F)F)CC1. The lowest BCUT2D eigenvalue weighted by atomic mass is 9.80. The van der Waals surface area contributed by atoms with Gasteiger partial charge in [0, 0.05) is 0 Å². The minimum Gasteiger partial charge on any atom is -0.500 e. The van der Waals surface area contributed by atoms with Crippen molar-refractivity contribution < 1.29 is 18.3 Å². The summed E-state index contributed by atoms with van der Waals surface area (Å²) in [6.07, 6.45) is 0.145. The van der Waals surface area contributed by atoms with E-state index in [1.807, 2.05) is 0 Å². The molecule has 16 heavy (non-hydrogen) atoms. The number of ether oxygens (including phenoxy) is 2. The van der Waals surface area contributed by atoms with E-state index < -0.39 is 18.6 Å². The van der Waals surface area contributed by atoms with Crippen LogP contribution in [-0.2, 0) is 9.47 Å². The highest BCUT2D eigenvalue weighted by molar-refractivity contribution is 5.10. The zero-order chi connectivity index (χ0) is 12.2. The van der Waals surface area contributed by atoms with Gasteiger partial charge in [-0.05, 0) is 25.7 Å². The van der Waals surface area contributed by atoms with Crippen LogP contribution in [0.2, 0.25) is 0 Å². The predicted molar refractivity (Wildman–Crippen MR) is 57.3 cm³/mol. The standard InChI is InChI=1S/C11H19F2NO2/c1-8(15-2)11(14)5-3-9(4-6-11)16-7-10(12)13/h9-10H,1,3-7,14H2,2H3. The van der Waals surface area contributed by atoms with Gasteiger partial charge in [0.15, 0.2) is 0 Å². The van der Waals surface area contributed by atoms with Crippen LogP contribution in [0.15, 0.2) is 12.3 Å². The van der Waals surface area contributed by atoms with E-state index in [1.54, 1.807) is 0 Å². The number of hydrogen-bond donors (Lipinski definition) is 1. The molecule has 1 rings (SSSR count). The molecule has 1 aliphatic rings. The van der Waals surface area contributed by atoms with Crippen molar-refractivity contribution in [2.75, 3.05) is 13.7 Å². The fourth-order valence-corrected chi connectivity index (χ4v) is 1.96. The van der Waals surface area contributed by atoms with Crippen LogP contribution >= 0.6 is 0 Å². The van der Waals surface area contributed by atoms with Crippen LogP contribution < -0.4 is 5.73 Å². The third-order valence-electron chi connectivity index (χ3n) is 3.08. The summed E-state index contributed by atoms with van der Waals surface area (Å²) in [5.41, 5.74) is 5.57. The summed E-state index contributed by atoms with van der Waals surface area (Å²) in [4.78, 5) is 0. The van der Waals surface area contributed by atoms with Gasteiger partial charge in [0.2, 0.25) is 0 Å². The lowest BCUT2D eigenvalue weighted by Crippen LogP contribution is -2.46. The third kappa shape index (κ3) is 3.42. The highest BCUT2D eigenvalue weighted by Crippen LogP contribution is 2.33. The van der Waals surface area contributed by atoms with Crippen molar-refractivity contribution in [3.8, 4) is 0 Å². The van der Waals surface area contributed by atoms with Crippen LogP contribution in [0, 0.1) is 0 Å². The predicted octanol–water partition coefficient (Wildman–Crippen LogP) is 2.07. The van der Waals surface area contributed by atoms with Crippen LogP contribution in [0.4, 0.5) is 8.78 Å². The molecule has 3 nitrogen and oxygen atoms in total. The van der Waals surface area contributed by atoms with Crippen LogP contribution in [0.1, 0.15) is 25.7 Å². The second-order valence-corrected chi connectivity index (χ2v) is 4.21. The first-order valence-electron chi connectivity index (χ1n) is 5.40. The first-order chi connectivity index (χ1) is 7.48. The Hall–Kier alpha value is -0.680. The summed E-state index contributed by atoms with van der Waals surface area (Å²) in [6, 6.07) is 0. The summed E-state index contributed by atoms with van der Waals surface area (Å²) in [5, 5.41) is 0. The lowest BCUT2D eigenvalue weighted by Gasteiger charge is -2.37. The van der Waals surface area contributed by atoms with E-state index in [0.29, 0.717) is 31.4 Å². The zero-order valence-electron chi connectivity index (χ0n) is 9.55. The van der Waals surface area contributed by atoms with E-state index in [0.717, 1.165) is 0 Å². The number of rotatable bonds is 5. The molecular weight excluding hydrogens is 216 g/mol. The Balaban J connectivity index is 2.36. The molecule has 5 heteroatoms. The molecule has 1 saturated carbocycles. The van der Waals surface area contributed by atoms with Gasteiger partial charge >= 0.3 is 0 Å². The Morgan fingerprint density at radius 1 is 1.50 bits per heavy atom. The van der Waals surface area contributed by atoms with Gasteiger partial charge in [-0.3, -0.25) is 0 Å². The van der Waals surface area contributed by atoms with Crippen LogP contribution in [0.3, 0.4) is 0 Å². The maximum absolute atomic E-state index is 11.9. The van der Waals surface area contributed by atoms with E-state index in [4.69, 9.17) is 15.2 Å². The van der Waals surface area contributed by atoms with Gasteiger partial charge in [-0.2, -0.15) is 0 Å². The second kappa shape index (κ2) is 5.59. The maximum Gasteiger partial charge on any atom is 0.261 e. The molecule has 1 fully saturated rings. The minimum atomic E-state index is -2.40. The lowest BCUT2D eigenvalue weighted by molar-refractivity contribution is -0.0440. The molecule has 0 aromatic carbocycles. The van der Waals surface area contributed by atoms with Crippen molar-refractivity contribution in [3.05, 3.63) is 12.3 Å². The van der Waals surface area contributed by atoms with Gasteiger partial charge in [0.1, 0.15) is 12.4 Å². The number of halogens is 2. The van der Waals surface area contributed by atoms with Crippen molar-refractivity contribution in [2.24, 2.45) is 5.73 Å². The van der Waals surface area contributed by atoms with Crippen molar-refractivity contribution in [1.29, 1.82) is 0 Å². The smallest absolute Gasteiger partial charge is 0.261 e. The summed E-state index contributed by atoms with van der Waals surface area (Å²) < 4.78 is 34.0. The molecule has 0 amide bonds. The molecule has 0 aliphatic heterocycles. The van der Waals surface area contributed by atoms with Gasteiger partial charge < -0.3 is 15.2 Å². The Morgan fingerprint density at radius 3 is 2.50 bits per heavy atom. The quantitative estimate of drug-likeness (QED) is 0.742. The number of hydrogen-bond acceptors (Lipinski definition) is 3. The van der Waals surface area contributed by atoms with E-state index in [1.165, 1.54) is 7.11 Å². The van der Waals surface area contributed by atoms with E-state index in [9.17, 15) is 8.78 Å². The molecular formula is C11H19F2NO2. The van der Waals surface area contributed by atoms with E-state index >= 15 is 0 Å². The second-order valence-electron chi connectivity index (χ2n) is 4.21. The Labute approximate surface area is 94.6 Å². The topological polar surface area (TPSA) is 44.5 Å². The van der Waals surface area contributed by atoms with Gasteiger partial charge in [0.05, 0.1) is 18.8 Å². The highest BCUT2D eigenvalue weighted by atomic mass is 19.3. The van der Waals surface area contributed by atoms with Crippen molar-refractivity contribution in [1.82, 2.24) is 0 Å².